The van der Waals surface area contributed by atoms with Crippen molar-refractivity contribution in [1.29, 1.82) is 0 Å². The van der Waals surface area contributed by atoms with Gasteiger partial charge < -0.3 is 0 Å². The molecule has 30 heavy (non-hydrogen) atoms. The van der Waals surface area contributed by atoms with Crippen LogP contribution in [0.1, 0.15) is 32.1 Å². The lowest BCUT2D eigenvalue weighted by molar-refractivity contribution is 0.0188. The summed E-state index contributed by atoms with van der Waals surface area (Å²) in [6.07, 6.45) is 3.26. The number of carbonyl (C=O) groups is 2. The van der Waals surface area contributed by atoms with Crippen molar-refractivity contribution in [1.82, 2.24) is 19.8 Å². The minimum atomic E-state index is -3.38. The minimum Gasteiger partial charge on any atom is -0.267 e. The Balaban J connectivity index is 1.60. The molecule has 0 saturated carbocycles. The van der Waals surface area contributed by atoms with E-state index in [4.69, 9.17) is 0 Å². The third-order valence-corrected chi connectivity index (χ3v) is 7.79. The van der Waals surface area contributed by atoms with Gasteiger partial charge in [-0.2, -0.15) is 5.10 Å². The third kappa shape index (κ3) is 3.63. The number of carbonyl (C=O) groups excluding carboxylic acids is 2. The van der Waals surface area contributed by atoms with Crippen LogP contribution < -0.4 is 0 Å². The van der Waals surface area contributed by atoms with Gasteiger partial charge >= 0.3 is 0 Å². The fourth-order valence-corrected chi connectivity index (χ4v) is 5.26. The number of nitrogens with zero attached hydrogens (tertiary/aromatic N) is 4. The molecule has 2 aromatic heterocycles. The van der Waals surface area contributed by atoms with Gasteiger partial charge in [-0.3, -0.25) is 9.59 Å². The Hall–Kier alpha value is -2.98. The highest BCUT2D eigenvalue weighted by Crippen LogP contribution is 2.26. The number of thiophene rings is 1. The fraction of sp³-hybridized carbons (Fsp3) is 0.250. The van der Waals surface area contributed by atoms with E-state index in [0.717, 1.165) is 23.3 Å². The molecule has 0 aliphatic carbocycles. The average Bonchev–Trinajstić information content (AvgIpc) is 3.46. The smallest absolute Gasteiger partial charge is 0.267 e. The Labute approximate surface area is 178 Å². The van der Waals surface area contributed by atoms with E-state index in [1.807, 2.05) is 37.3 Å². The monoisotopic (exact) mass is 444 g/mol. The van der Waals surface area contributed by atoms with Crippen LogP contribution in [0.4, 0.5) is 0 Å². The molecule has 0 atom stereocenters. The van der Waals surface area contributed by atoms with Gasteiger partial charge in [-0.25, -0.2) is 23.1 Å². The van der Waals surface area contributed by atoms with E-state index >= 15 is 0 Å². The molecule has 1 aromatic carbocycles. The van der Waals surface area contributed by atoms with Crippen molar-refractivity contribution in [2.24, 2.45) is 0 Å². The van der Waals surface area contributed by atoms with Crippen LogP contribution in [0.3, 0.4) is 0 Å². The number of aromatic nitrogens is 2. The molecule has 1 saturated heterocycles. The molecule has 8 nitrogen and oxygen atoms in total. The SMILES string of the molecule is Cc1c(C(=O)N2CCCN2C(=O)c2ccc(S(C)(=O)=O)s2)cnn1-c1ccccc1. The molecule has 1 aliphatic heterocycles. The quantitative estimate of drug-likeness (QED) is 0.617. The lowest BCUT2D eigenvalue weighted by Gasteiger charge is -2.27. The van der Waals surface area contributed by atoms with Crippen LogP contribution in [-0.2, 0) is 9.84 Å². The minimum absolute atomic E-state index is 0.128. The van der Waals surface area contributed by atoms with Crippen molar-refractivity contribution in [2.45, 2.75) is 17.6 Å². The first-order valence-corrected chi connectivity index (χ1v) is 12.0. The molecule has 3 aromatic rings. The van der Waals surface area contributed by atoms with Gasteiger partial charge in [0.15, 0.2) is 9.84 Å². The van der Waals surface area contributed by atoms with E-state index in [0.29, 0.717) is 30.8 Å². The van der Waals surface area contributed by atoms with Crippen LogP contribution in [0.25, 0.3) is 5.69 Å². The van der Waals surface area contributed by atoms with E-state index in [1.54, 1.807) is 4.68 Å². The molecule has 0 radical (unpaired) electrons. The Morgan fingerprint density at radius 2 is 1.67 bits per heavy atom. The highest BCUT2D eigenvalue weighted by Gasteiger charge is 2.34. The second-order valence-corrected chi connectivity index (χ2v) is 10.3. The van der Waals surface area contributed by atoms with Crippen LogP contribution >= 0.6 is 11.3 Å². The van der Waals surface area contributed by atoms with Crippen molar-refractivity contribution in [3.05, 3.63) is 64.8 Å². The maximum absolute atomic E-state index is 13.2. The number of para-hydroxylation sites is 1. The fourth-order valence-electron chi connectivity index (χ4n) is 3.38. The summed E-state index contributed by atoms with van der Waals surface area (Å²) < 4.78 is 25.2. The summed E-state index contributed by atoms with van der Waals surface area (Å²) in [7, 11) is -3.38. The summed E-state index contributed by atoms with van der Waals surface area (Å²) in [5.74, 6) is -0.686. The largest absolute Gasteiger partial charge is 0.282 e. The standard InChI is InChI=1S/C20H20N4O4S2/c1-14-16(13-21-24(14)15-7-4-3-5-8-15)19(25)22-11-6-12-23(22)20(26)17-9-10-18(29-17)30(2,27)28/h3-5,7-10,13H,6,11-12H2,1-2H3. The highest BCUT2D eigenvalue weighted by molar-refractivity contribution is 7.92. The van der Waals surface area contributed by atoms with Crippen LogP contribution in [0.2, 0.25) is 0 Å². The first-order chi connectivity index (χ1) is 14.3. The van der Waals surface area contributed by atoms with Gasteiger partial charge in [-0.1, -0.05) is 18.2 Å². The average molecular weight is 445 g/mol. The number of sulfone groups is 1. The summed E-state index contributed by atoms with van der Waals surface area (Å²) in [5, 5.41) is 7.14. The molecule has 1 fully saturated rings. The Bertz CT molecular complexity index is 1210. The Morgan fingerprint density at radius 1 is 1.00 bits per heavy atom. The molecule has 10 heteroatoms. The number of benzene rings is 1. The summed E-state index contributed by atoms with van der Waals surface area (Å²) in [6, 6.07) is 12.4. The summed E-state index contributed by atoms with van der Waals surface area (Å²) >= 11 is 0.915. The van der Waals surface area contributed by atoms with Crippen molar-refractivity contribution >= 4 is 33.0 Å². The van der Waals surface area contributed by atoms with Crippen LogP contribution in [-0.4, -0.2) is 59.4 Å². The number of hydrazine groups is 1. The maximum Gasteiger partial charge on any atom is 0.282 e. The molecule has 0 unspecified atom stereocenters. The zero-order valence-electron chi connectivity index (χ0n) is 16.5. The van der Waals surface area contributed by atoms with Crippen molar-refractivity contribution in [3.8, 4) is 5.69 Å². The second kappa shape index (κ2) is 7.69. The molecule has 1 aliphatic rings. The van der Waals surface area contributed by atoms with Gasteiger partial charge in [0.05, 0.1) is 28.0 Å². The molecule has 156 valence electrons. The van der Waals surface area contributed by atoms with Gasteiger partial charge in [0, 0.05) is 19.3 Å². The normalized spacial score (nSPS) is 14.3. The lowest BCUT2D eigenvalue weighted by Crippen LogP contribution is -2.44. The molecule has 0 bridgehead atoms. The second-order valence-electron chi connectivity index (χ2n) is 6.99. The topological polar surface area (TPSA) is 92.6 Å². The van der Waals surface area contributed by atoms with Gasteiger partial charge in [-0.05, 0) is 37.6 Å². The Kier molecular flexibility index (Phi) is 5.20. The van der Waals surface area contributed by atoms with E-state index in [1.165, 1.54) is 28.3 Å². The molecular weight excluding hydrogens is 424 g/mol. The van der Waals surface area contributed by atoms with E-state index in [2.05, 4.69) is 5.10 Å². The zero-order valence-corrected chi connectivity index (χ0v) is 18.1. The van der Waals surface area contributed by atoms with Crippen molar-refractivity contribution in [2.75, 3.05) is 19.3 Å². The summed E-state index contributed by atoms with van der Waals surface area (Å²) in [5.41, 5.74) is 1.94. The van der Waals surface area contributed by atoms with Crippen molar-refractivity contribution in [3.63, 3.8) is 0 Å². The van der Waals surface area contributed by atoms with E-state index < -0.39 is 9.84 Å². The Morgan fingerprint density at radius 3 is 2.30 bits per heavy atom. The van der Waals surface area contributed by atoms with Gasteiger partial charge in [0.25, 0.3) is 11.8 Å². The number of hydrogen-bond acceptors (Lipinski definition) is 6. The number of rotatable bonds is 4. The number of hydrogen-bond donors (Lipinski definition) is 0. The third-order valence-electron chi connectivity index (χ3n) is 4.90. The lowest BCUT2D eigenvalue weighted by atomic mass is 10.2. The molecule has 4 rings (SSSR count). The van der Waals surface area contributed by atoms with Gasteiger partial charge in [0.2, 0.25) is 0 Å². The van der Waals surface area contributed by atoms with Crippen LogP contribution in [0.15, 0.2) is 52.9 Å². The summed E-state index contributed by atoms with van der Waals surface area (Å²) in [6.45, 7) is 2.61. The number of amides is 2. The van der Waals surface area contributed by atoms with Crippen molar-refractivity contribution < 1.29 is 18.0 Å². The highest BCUT2D eigenvalue weighted by atomic mass is 32.2. The van der Waals surface area contributed by atoms with E-state index in [9.17, 15) is 18.0 Å². The predicted molar refractivity (Wildman–Crippen MR) is 112 cm³/mol. The van der Waals surface area contributed by atoms with Gasteiger partial charge in [-0.15, -0.1) is 11.3 Å². The molecule has 0 N–H and O–H groups in total. The van der Waals surface area contributed by atoms with Gasteiger partial charge in [0.1, 0.15) is 4.21 Å². The molecular formula is C20H20N4O4S2. The van der Waals surface area contributed by atoms with E-state index in [-0.39, 0.29) is 20.9 Å². The first kappa shape index (κ1) is 20.3. The maximum atomic E-state index is 13.2. The molecule has 2 amide bonds. The molecule has 3 heterocycles. The zero-order chi connectivity index (χ0) is 21.5. The molecule has 0 spiro atoms. The van der Waals surface area contributed by atoms with Crippen LogP contribution in [0.5, 0.6) is 0 Å². The summed E-state index contributed by atoms with van der Waals surface area (Å²) in [4.78, 5) is 26.5. The first-order valence-electron chi connectivity index (χ1n) is 9.31. The van der Waals surface area contributed by atoms with Crippen LogP contribution in [0, 0.1) is 6.92 Å². The predicted octanol–water partition coefficient (Wildman–Crippen LogP) is 2.55.